The first kappa shape index (κ1) is 12.2. The molecule has 0 bridgehead atoms. The van der Waals surface area contributed by atoms with E-state index in [-0.39, 0.29) is 11.9 Å². The predicted molar refractivity (Wildman–Crippen MR) is 65.9 cm³/mol. The van der Waals surface area contributed by atoms with Gasteiger partial charge in [-0.25, -0.2) is 0 Å². The summed E-state index contributed by atoms with van der Waals surface area (Å²) in [5.41, 5.74) is 0.758. The number of nitrogens with zero attached hydrogens (tertiary/aromatic N) is 1. The largest absolute Gasteiger partial charge is 0.388 e. The molecule has 0 aromatic carbocycles. The van der Waals surface area contributed by atoms with Gasteiger partial charge in [-0.15, -0.1) is 0 Å². The van der Waals surface area contributed by atoms with Crippen LogP contribution >= 0.6 is 0 Å². The fourth-order valence-corrected chi connectivity index (χ4v) is 2.58. The Morgan fingerprint density at radius 2 is 2.29 bits per heavy atom. The molecule has 1 unspecified atom stereocenters. The second-order valence-electron chi connectivity index (χ2n) is 5.33. The van der Waals surface area contributed by atoms with E-state index in [2.05, 4.69) is 4.98 Å². The minimum atomic E-state index is -0.837. The predicted octanol–water partition coefficient (Wildman–Crippen LogP) is 1.70. The van der Waals surface area contributed by atoms with Gasteiger partial charge in [0.15, 0.2) is 0 Å². The SMILES string of the molecule is Cc1[nH]ccc1C(=O)N1CCCC1C(C)(C)O. The Morgan fingerprint density at radius 3 is 2.82 bits per heavy atom. The van der Waals surface area contributed by atoms with Crippen molar-refractivity contribution in [2.75, 3.05) is 6.54 Å². The zero-order chi connectivity index (χ0) is 12.6. The fourth-order valence-electron chi connectivity index (χ4n) is 2.58. The molecule has 17 heavy (non-hydrogen) atoms. The van der Waals surface area contributed by atoms with Crippen LogP contribution in [0.25, 0.3) is 0 Å². The quantitative estimate of drug-likeness (QED) is 0.821. The highest BCUT2D eigenvalue weighted by Gasteiger charge is 2.39. The van der Waals surface area contributed by atoms with E-state index in [4.69, 9.17) is 0 Å². The minimum Gasteiger partial charge on any atom is -0.388 e. The maximum atomic E-state index is 12.4. The van der Waals surface area contributed by atoms with Crippen LogP contribution in [-0.4, -0.2) is 39.1 Å². The number of rotatable bonds is 2. The molecule has 1 amide bonds. The van der Waals surface area contributed by atoms with Crippen LogP contribution in [-0.2, 0) is 0 Å². The van der Waals surface area contributed by atoms with E-state index in [0.29, 0.717) is 5.56 Å². The standard InChI is InChI=1S/C13H20N2O2/c1-9-10(6-7-14-9)12(16)15-8-4-5-11(15)13(2,3)17/h6-7,11,14,17H,4-5,8H2,1-3H3. The lowest BCUT2D eigenvalue weighted by Gasteiger charge is -2.33. The van der Waals surface area contributed by atoms with Gasteiger partial charge in [0.2, 0.25) is 0 Å². The van der Waals surface area contributed by atoms with Crippen molar-refractivity contribution in [3.8, 4) is 0 Å². The van der Waals surface area contributed by atoms with Crippen LogP contribution < -0.4 is 0 Å². The lowest BCUT2D eigenvalue weighted by molar-refractivity contribution is 0.000310. The normalized spacial score (nSPS) is 20.9. The first-order chi connectivity index (χ1) is 7.91. The number of aliphatic hydroxyl groups is 1. The highest BCUT2D eigenvalue weighted by atomic mass is 16.3. The summed E-state index contributed by atoms with van der Waals surface area (Å²) in [4.78, 5) is 17.2. The van der Waals surface area contributed by atoms with Crippen LogP contribution in [0.15, 0.2) is 12.3 Å². The highest BCUT2D eigenvalue weighted by molar-refractivity contribution is 5.95. The van der Waals surface area contributed by atoms with Gasteiger partial charge in [-0.2, -0.15) is 0 Å². The van der Waals surface area contributed by atoms with Gasteiger partial charge in [0.1, 0.15) is 0 Å². The topological polar surface area (TPSA) is 56.3 Å². The lowest BCUT2D eigenvalue weighted by Crippen LogP contribution is -2.48. The first-order valence-corrected chi connectivity index (χ1v) is 6.08. The molecule has 1 saturated heterocycles. The van der Waals surface area contributed by atoms with E-state index in [1.54, 1.807) is 31.0 Å². The van der Waals surface area contributed by atoms with Gasteiger partial charge in [0.25, 0.3) is 5.91 Å². The number of likely N-dealkylation sites (tertiary alicyclic amines) is 1. The molecule has 4 nitrogen and oxygen atoms in total. The summed E-state index contributed by atoms with van der Waals surface area (Å²) in [6.45, 7) is 6.17. The van der Waals surface area contributed by atoms with Crippen molar-refractivity contribution in [2.24, 2.45) is 0 Å². The Bertz CT molecular complexity index is 417. The zero-order valence-corrected chi connectivity index (χ0v) is 10.7. The van der Waals surface area contributed by atoms with Gasteiger partial charge < -0.3 is 15.0 Å². The Hall–Kier alpha value is -1.29. The summed E-state index contributed by atoms with van der Waals surface area (Å²) in [6, 6.07) is 1.72. The molecule has 2 N–H and O–H groups in total. The molecule has 1 fully saturated rings. The number of carbonyl (C=O) groups excluding carboxylic acids is 1. The first-order valence-electron chi connectivity index (χ1n) is 6.08. The third-order valence-electron chi connectivity index (χ3n) is 3.51. The van der Waals surface area contributed by atoms with Crippen molar-refractivity contribution in [3.05, 3.63) is 23.5 Å². The maximum absolute atomic E-state index is 12.4. The van der Waals surface area contributed by atoms with Gasteiger partial charge in [0, 0.05) is 18.4 Å². The van der Waals surface area contributed by atoms with Crippen LogP contribution in [0.1, 0.15) is 42.7 Å². The number of nitrogens with one attached hydrogen (secondary N) is 1. The van der Waals surface area contributed by atoms with Crippen molar-refractivity contribution in [3.63, 3.8) is 0 Å². The molecule has 2 rings (SSSR count). The minimum absolute atomic E-state index is 0.0216. The van der Waals surface area contributed by atoms with Crippen LogP contribution in [0.3, 0.4) is 0 Å². The molecule has 1 atom stereocenters. The summed E-state index contributed by atoms with van der Waals surface area (Å²) < 4.78 is 0. The molecule has 1 aliphatic heterocycles. The summed E-state index contributed by atoms with van der Waals surface area (Å²) in [5.74, 6) is 0.0216. The van der Waals surface area contributed by atoms with Crippen LogP contribution in [0.5, 0.6) is 0 Å². The molecule has 0 spiro atoms. The van der Waals surface area contributed by atoms with Crippen LogP contribution in [0.2, 0.25) is 0 Å². The Labute approximate surface area is 102 Å². The smallest absolute Gasteiger partial charge is 0.256 e. The second kappa shape index (κ2) is 4.18. The fraction of sp³-hybridized carbons (Fsp3) is 0.615. The molecular weight excluding hydrogens is 216 g/mol. The van der Waals surface area contributed by atoms with E-state index >= 15 is 0 Å². The van der Waals surface area contributed by atoms with Gasteiger partial charge in [-0.1, -0.05) is 0 Å². The van der Waals surface area contributed by atoms with Crippen LogP contribution in [0.4, 0.5) is 0 Å². The average molecular weight is 236 g/mol. The summed E-state index contributed by atoms with van der Waals surface area (Å²) in [5, 5.41) is 10.1. The van der Waals surface area contributed by atoms with Crippen molar-refractivity contribution in [2.45, 2.75) is 45.3 Å². The molecule has 1 aromatic rings. The van der Waals surface area contributed by atoms with E-state index < -0.39 is 5.60 Å². The number of aryl methyl sites for hydroxylation is 1. The molecule has 2 heterocycles. The number of amides is 1. The summed E-state index contributed by atoms with van der Waals surface area (Å²) in [7, 11) is 0. The maximum Gasteiger partial charge on any atom is 0.256 e. The third kappa shape index (κ3) is 2.22. The molecule has 4 heteroatoms. The lowest BCUT2D eigenvalue weighted by atomic mass is 9.96. The number of hydrogen-bond acceptors (Lipinski definition) is 2. The molecule has 0 aliphatic carbocycles. The summed E-state index contributed by atoms with van der Waals surface area (Å²) in [6.07, 6.45) is 3.61. The van der Waals surface area contributed by atoms with Crippen molar-refractivity contribution in [1.82, 2.24) is 9.88 Å². The Kier molecular flexibility index (Phi) is 3.00. The number of aromatic amines is 1. The Morgan fingerprint density at radius 1 is 1.59 bits per heavy atom. The van der Waals surface area contributed by atoms with Crippen molar-refractivity contribution in [1.29, 1.82) is 0 Å². The van der Waals surface area contributed by atoms with Gasteiger partial charge in [-0.3, -0.25) is 4.79 Å². The number of H-pyrrole nitrogens is 1. The number of aromatic nitrogens is 1. The van der Waals surface area contributed by atoms with Crippen LogP contribution in [0, 0.1) is 6.92 Å². The highest BCUT2D eigenvalue weighted by Crippen LogP contribution is 2.28. The molecule has 94 valence electrons. The molecule has 0 radical (unpaired) electrons. The summed E-state index contributed by atoms with van der Waals surface area (Å²) >= 11 is 0. The van der Waals surface area contributed by atoms with Gasteiger partial charge in [0.05, 0.1) is 17.2 Å². The molecule has 1 aliphatic rings. The van der Waals surface area contributed by atoms with E-state index in [0.717, 1.165) is 25.1 Å². The number of hydrogen-bond donors (Lipinski definition) is 2. The molecular formula is C13H20N2O2. The van der Waals surface area contributed by atoms with Crippen molar-refractivity contribution < 1.29 is 9.90 Å². The van der Waals surface area contributed by atoms with E-state index in [1.807, 2.05) is 6.92 Å². The zero-order valence-electron chi connectivity index (χ0n) is 10.7. The van der Waals surface area contributed by atoms with Gasteiger partial charge in [-0.05, 0) is 39.7 Å². The molecule has 1 aromatic heterocycles. The number of carbonyl (C=O) groups is 1. The second-order valence-corrected chi connectivity index (χ2v) is 5.33. The van der Waals surface area contributed by atoms with E-state index in [9.17, 15) is 9.90 Å². The average Bonchev–Trinajstić information content (AvgIpc) is 2.82. The third-order valence-corrected chi connectivity index (χ3v) is 3.51. The monoisotopic (exact) mass is 236 g/mol. The van der Waals surface area contributed by atoms with E-state index in [1.165, 1.54) is 0 Å². The van der Waals surface area contributed by atoms with Gasteiger partial charge >= 0.3 is 0 Å². The molecule has 0 saturated carbocycles. The Balaban J connectivity index is 2.23. The van der Waals surface area contributed by atoms with Crippen molar-refractivity contribution >= 4 is 5.91 Å².